The van der Waals surface area contributed by atoms with E-state index in [1.165, 1.54) is 17.0 Å². The van der Waals surface area contributed by atoms with Crippen molar-refractivity contribution in [2.24, 2.45) is 5.73 Å². The molecule has 0 spiro atoms. The minimum Gasteiger partial charge on any atom is -0.335 e. The predicted octanol–water partition coefficient (Wildman–Crippen LogP) is 1.55. The van der Waals surface area contributed by atoms with Crippen LogP contribution in [0.4, 0.5) is 13.2 Å². The zero-order chi connectivity index (χ0) is 12.8. The summed E-state index contributed by atoms with van der Waals surface area (Å²) in [5.41, 5.74) is 5.51. The van der Waals surface area contributed by atoms with Crippen molar-refractivity contribution in [2.45, 2.75) is 18.3 Å². The molecule has 1 aliphatic rings. The van der Waals surface area contributed by atoms with Gasteiger partial charge in [0, 0.05) is 7.05 Å². The van der Waals surface area contributed by atoms with Crippen molar-refractivity contribution >= 4 is 5.91 Å². The Bertz CT molecular complexity index is 429. The fourth-order valence-electron chi connectivity index (χ4n) is 1.97. The highest BCUT2D eigenvalue weighted by Crippen LogP contribution is 2.34. The summed E-state index contributed by atoms with van der Waals surface area (Å²) in [7, 11) is 1.58. The third-order valence-electron chi connectivity index (χ3n) is 2.97. The van der Waals surface area contributed by atoms with E-state index < -0.39 is 17.8 Å². The summed E-state index contributed by atoms with van der Waals surface area (Å²) in [6.07, 6.45) is -4.35. The third kappa shape index (κ3) is 1.88. The largest absolute Gasteiger partial charge is 0.416 e. The first-order valence-corrected chi connectivity index (χ1v) is 5.02. The summed E-state index contributed by atoms with van der Waals surface area (Å²) >= 11 is 0. The number of hydrogen-bond donors (Lipinski definition) is 1. The van der Waals surface area contributed by atoms with E-state index in [9.17, 15) is 18.0 Å². The number of β-lactam (4-membered cyclic amide) rings is 1. The van der Waals surface area contributed by atoms with Crippen molar-refractivity contribution in [2.75, 3.05) is 7.05 Å². The van der Waals surface area contributed by atoms with Gasteiger partial charge in [-0.2, -0.15) is 13.2 Å². The number of benzene rings is 1. The van der Waals surface area contributed by atoms with Gasteiger partial charge in [-0.3, -0.25) is 4.79 Å². The molecule has 1 aromatic carbocycles. The number of amides is 1. The van der Waals surface area contributed by atoms with Crippen LogP contribution in [0.5, 0.6) is 0 Å². The molecule has 1 heterocycles. The fraction of sp³-hybridized carbons (Fsp3) is 0.364. The number of likely N-dealkylation sites (N-methyl/N-ethyl adjacent to an activating group) is 1. The number of carbonyl (C=O) groups is 1. The highest BCUT2D eigenvalue weighted by atomic mass is 19.4. The van der Waals surface area contributed by atoms with Gasteiger partial charge in [0.05, 0.1) is 11.6 Å². The van der Waals surface area contributed by atoms with Gasteiger partial charge in [-0.1, -0.05) is 12.1 Å². The number of likely N-dealkylation sites (tertiary alicyclic amines) is 1. The summed E-state index contributed by atoms with van der Waals surface area (Å²) in [5.74, 6) is -0.199. The van der Waals surface area contributed by atoms with Crippen LogP contribution >= 0.6 is 0 Å². The van der Waals surface area contributed by atoms with Crippen molar-refractivity contribution in [3.63, 3.8) is 0 Å². The monoisotopic (exact) mass is 244 g/mol. The van der Waals surface area contributed by atoms with Gasteiger partial charge in [-0.25, -0.2) is 0 Å². The van der Waals surface area contributed by atoms with Crippen LogP contribution in [-0.2, 0) is 11.0 Å². The van der Waals surface area contributed by atoms with Crippen molar-refractivity contribution in [1.29, 1.82) is 0 Å². The zero-order valence-corrected chi connectivity index (χ0v) is 9.03. The van der Waals surface area contributed by atoms with Crippen LogP contribution in [-0.4, -0.2) is 23.9 Å². The van der Waals surface area contributed by atoms with Crippen LogP contribution in [0, 0.1) is 0 Å². The second-order valence-electron chi connectivity index (χ2n) is 4.04. The molecule has 0 aliphatic carbocycles. The zero-order valence-electron chi connectivity index (χ0n) is 9.03. The van der Waals surface area contributed by atoms with Gasteiger partial charge >= 0.3 is 6.18 Å². The van der Waals surface area contributed by atoms with Gasteiger partial charge in [0.25, 0.3) is 0 Å². The molecule has 2 rings (SSSR count). The van der Waals surface area contributed by atoms with E-state index in [1.807, 2.05) is 0 Å². The molecule has 2 atom stereocenters. The van der Waals surface area contributed by atoms with Gasteiger partial charge in [0.1, 0.15) is 6.04 Å². The lowest BCUT2D eigenvalue weighted by molar-refractivity contribution is -0.147. The van der Waals surface area contributed by atoms with Gasteiger partial charge in [0.2, 0.25) is 5.91 Å². The molecule has 1 aromatic rings. The maximum Gasteiger partial charge on any atom is 0.416 e. The lowest BCUT2D eigenvalue weighted by atomic mass is 9.89. The Morgan fingerprint density at radius 2 is 1.76 bits per heavy atom. The van der Waals surface area contributed by atoms with E-state index in [1.54, 1.807) is 7.05 Å². The lowest BCUT2D eigenvalue weighted by Gasteiger charge is -2.43. The minimum absolute atomic E-state index is 0.199. The molecule has 0 aromatic heterocycles. The first-order chi connectivity index (χ1) is 7.82. The second kappa shape index (κ2) is 3.73. The van der Waals surface area contributed by atoms with E-state index in [-0.39, 0.29) is 11.9 Å². The first-order valence-electron chi connectivity index (χ1n) is 5.02. The standard InChI is InChI=1S/C11H11F3N2O/c1-16-9(8(15)10(16)17)6-2-4-7(5-3-6)11(12,13)14/h2-5,8-9H,15H2,1H3/t8-,9+/m0/s1. The molecule has 0 unspecified atom stereocenters. The average molecular weight is 244 g/mol. The third-order valence-corrected chi connectivity index (χ3v) is 2.97. The van der Waals surface area contributed by atoms with Crippen LogP contribution in [0.1, 0.15) is 17.2 Å². The molecule has 1 amide bonds. The summed E-state index contributed by atoms with van der Waals surface area (Å²) < 4.78 is 37.0. The molecule has 1 aliphatic heterocycles. The highest BCUT2D eigenvalue weighted by Gasteiger charge is 2.43. The van der Waals surface area contributed by atoms with E-state index in [0.29, 0.717) is 5.56 Å². The number of hydrogen-bond acceptors (Lipinski definition) is 2. The van der Waals surface area contributed by atoms with E-state index in [0.717, 1.165) is 12.1 Å². The normalized spacial score (nSPS) is 24.8. The molecule has 0 radical (unpaired) electrons. The van der Waals surface area contributed by atoms with Gasteiger partial charge in [0.15, 0.2) is 0 Å². The van der Waals surface area contributed by atoms with Crippen LogP contribution in [0.2, 0.25) is 0 Å². The van der Waals surface area contributed by atoms with Crippen LogP contribution in [0.25, 0.3) is 0 Å². The van der Waals surface area contributed by atoms with Gasteiger partial charge in [-0.15, -0.1) is 0 Å². The number of nitrogens with zero attached hydrogens (tertiary/aromatic N) is 1. The minimum atomic E-state index is -4.35. The Hall–Kier alpha value is -1.56. The molecule has 6 heteroatoms. The number of carbonyl (C=O) groups excluding carboxylic acids is 1. The second-order valence-corrected chi connectivity index (χ2v) is 4.04. The molecule has 1 fully saturated rings. The molecule has 0 saturated carbocycles. The van der Waals surface area contributed by atoms with Crippen molar-refractivity contribution in [3.8, 4) is 0 Å². The average Bonchev–Trinajstić information content (AvgIpc) is 2.28. The number of halogens is 3. The highest BCUT2D eigenvalue weighted by molar-refractivity contribution is 5.89. The summed E-state index contributed by atoms with van der Waals surface area (Å²) in [6, 6.07) is 3.73. The molecule has 92 valence electrons. The number of nitrogens with two attached hydrogens (primary N) is 1. The topological polar surface area (TPSA) is 46.3 Å². The Morgan fingerprint density at radius 1 is 1.24 bits per heavy atom. The predicted molar refractivity (Wildman–Crippen MR) is 54.9 cm³/mol. The smallest absolute Gasteiger partial charge is 0.335 e. The number of rotatable bonds is 1. The first kappa shape index (κ1) is 11.9. The van der Waals surface area contributed by atoms with Crippen molar-refractivity contribution < 1.29 is 18.0 Å². The Labute approximate surface area is 96.0 Å². The van der Waals surface area contributed by atoms with Crippen LogP contribution in [0.15, 0.2) is 24.3 Å². The van der Waals surface area contributed by atoms with E-state index in [2.05, 4.69) is 0 Å². The Morgan fingerprint density at radius 3 is 2.18 bits per heavy atom. The van der Waals surface area contributed by atoms with Crippen LogP contribution in [0.3, 0.4) is 0 Å². The van der Waals surface area contributed by atoms with E-state index in [4.69, 9.17) is 5.73 Å². The van der Waals surface area contributed by atoms with Crippen molar-refractivity contribution in [3.05, 3.63) is 35.4 Å². The lowest BCUT2D eigenvalue weighted by Crippen LogP contribution is -2.61. The maximum absolute atomic E-state index is 12.3. The molecule has 0 bridgehead atoms. The molecule has 2 N–H and O–H groups in total. The molecular weight excluding hydrogens is 233 g/mol. The Balaban J connectivity index is 2.22. The summed E-state index contributed by atoms with van der Waals surface area (Å²) in [6.45, 7) is 0. The van der Waals surface area contributed by atoms with Gasteiger partial charge < -0.3 is 10.6 Å². The quantitative estimate of drug-likeness (QED) is 0.762. The summed E-state index contributed by atoms with van der Waals surface area (Å²) in [5, 5.41) is 0. The summed E-state index contributed by atoms with van der Waals surface area (Å²) in [4.78, 5) is 12.6. The SMILES string of the molecule is CN1C(=O)[C@@H](N)[C@H]1c1ccc(C(F)(F)F)cc1. The van der Waals surface area contributed by atoms with Gasteiger partial charge in [-0.05, 0) is 17.7 Å². The maximum atomic E-state index is 12.3. The molecule has 1 saturated heterocycles. The van der Waals surface area contributed by atoms with Crippen molar-refractivity contribution in [1.82, 2.24) is 4.90 Å². The van der Waals surface area contributed by atoms with Crippen LogP contribution < -0.4 is 5.73 Å². The fourth-order valence-corrected chi connectivity index (χ4v) is 1.97. The Kier molecular flexibility index (Phi) is 2.61. The van der Waals surface area contributed by atoms with E-state index >= 15 is 0 Å². The number of alkyl halides is 3. The molecular formula is C11H11F3N2O. The molecule has 3 nitrogen and oxygen atoms in total. The molecule has 17 heavy (non-hydrogen) atoms.